The maximum Gasteiger partial charge on any atom is 0.296 e. The lowest BCUT2D eigenvalue weighted by Gasteiger charge is -2.24. The molecule has 8 nitrogen and oxygen atoms in total. The number of ketones is 1. The van der Waals surface area contributed by atoms with E-state index in [1.807, 2.05) is 30.3 Å². The third-order valence-electron chi connectivity index (χ3n) is 6.18. The van der Waals surface area contributed by atoms with Crippen molar-refractivity contribution in [3.05, 3.63) is 113 Å². The average molecular weight is 590 g/mol. The molecule has 1 aromatic heterocycles. The van der Waals surface area contributed by atoms with E-state index in [-0.39, 0.29) is 34.6 Å². The van der Waals surface area contributed by atoms with E-state index in [2.05, 4.69) is 10.2 Å². The van der Waals surface area contributed by atoms with Crippen LogP contribution in [0.1, 0.15) is 29.7 Å². The Morgan fingerprint density at radius 3 is 2.59 bits per heavy atom. The third-order valence-corrected chi connectivity index (χ3v) is 8.30. The van der Waals surface area contributed by atoms with Gasteiger partial charge in [0.05, 0.1) is 18.2 Å². The Balaban J connectivity index is 1.49. The number of thioether (sulfide) groups is 1. The van der Waals surface area contributed by atoms with E-state index in [9.17, 15) is 24.2 Å². The maximum atomic E-state index is 13.5. The first-order valence-electron chi connectivity index (χ1n) is 12.6. The minimum Gasteiger partial charge on any atom is -0.504 e. The van der Waals surface area contributed by atoms with Crippen molar-refractivity contribution in [1.29, 1.82) is 0 Å². The molecule has 1 amide bonds. The molecule has 1 aliphatic rings. The molecule has 5 rings (SSSR count). The number of allylic oxidation sites excluding steroid dienone is 1. The number of halogens is 1. The number of aliphatic hydroxyl groups is 1. The van der Waals surface area contributed by atoms with E-state index in [1.165, 1.54) is 47.0 Å². The van der Waals surface area contributed by atoms with Crippen LogP contribution in [-0.2, 0) is 15.3 Å². The standard InChI is InChI=1S/C30H24FN3O5S2/c1-2-39-24-16-20(11-15-22(24)35)26-25(23(36)14-10-18-6-4-3-5-7-18)27(37)28(38)34(26)29-32-33-30(41-29)40-17-19-8-12-21(31)13-9-19/h3-16,26,35,37H,2,17H2,1H3/b14-10+. The number of hydrogen-bond acceptors (Lipinski definition) is 9. The van der Waals surface area contributed by atoms with Crippen molar-refractivity contribution >= 4 is 46.0 Å². The smallest absolute Gasteiger partial charge is 0.296 e. The minimum absolute atomic E-state index is 0.105. The molecule has 4 aromatic rings. The summed E-state index contributed by atoms with van der Waals surface area (Å²) in [5.74, 6) is -1.82. The molecule has 0 aliphatic carbocycles. The van der Waals surface area contributed by atoms with Crippen molar-refractivity contribution in [2.24, 2.45) is 0 Å². The fourth-order valence-corrected chi connectivity index (χ4v) is 6.07. The number of phenolic OH excluding ortho intramolecular Hbond substituents is 1. The van der Waals surface area contributed by atoms with Gasteiger partial charge >= 0.3 is 0 Å². The van der Waals surface area contributed by atoms with Gasteiger partial charge in [0.15, 0.2) is 27.4 Å². The summed E-state index contributed by atoms with van der Waals surface area (Å²) in [6, 6.07) is 18.7. The summed E-state index contributed by atoms with van der Waals surface area (Å²) in [5.41, 5.74) is 1.95. The first-order chi connectivity index (χ1) is 19.9. The van der Waals surface area contributed by atoms with Gasteiger partial charge in [-0.2, -0.15) is 0 Å². The van der Waals surface area contributed by atoms with Gasteiger partial charge in [-0.05, 0) is 54.0 Å². The highest BCUT2D eigenvalue weighted by Gasteiger charge is 2.45. The van der Waals surface area contributed by atoms with Crippen LogP contribution >= 0.6 is 23.1 Å². The number of amides is 1. The monoisotopic (exact) mass is 589 g/mol. The molecule has 11 heteroatoms. The number of hydrogen-bond donors (Lipinski definition) is 2. The Labute approximate surface area is 243 Å². The number of aliphatic hydroxyl groups excluding tert-OH is 1. The molecule has 0 saturated heterocycles. The molecular weight excluding hydrogens is 565 g/mol. The number of aromatic hydroxyl groups is 1. The first kappa shape index (κ1) is 28.1. The number of rotatable bonds is 10. The topological polar surface area (TPSA) is 113 Å². The predicted octanol–water partition coefficient (Wildman–Crippen LogP) is 6.26. The number of benzene rings is 3. The van der Waals surface area contributed by atoms with E-state index in [4.69, 9.17) is 4.74 Å². The molecule has 1 unspecified atom stereocenters. The number of aromatic nitrogens is 2. The SMILES string of the molecule is CCOc1cc(C2C(C(=O)/C=C/c3ccccc3)=C(O)C(=O)N2c2nnc(SCc3ccc(F)cc3)s2)ccc1O. The molecular formula is C30H24FN3O5S2. The van der Waals surface area contributed by atoms with Gasteiger partial charge in [-0.15, -0.1) is 10.2 Å². The summed E-state index contributed by atoms with van der Waals surface area (Å²) in [4.78, 5) is 28.1. The van der Waals surface area contributed by atoms with Gasteiger partial charge in [-0.1, -0.05) is 77.7 Å². The summed E-state index contributed by atoms with van der Waals surface area (Å²) in [5, 5.41) is 29.8. The van der Waals surface area contributed by atoms with Gasteiger partial charge < -0.3 is 14.9 Å². The van der Waals surface area contributed by atoms with E-state index < -0.39 is 23.5 Å². The summed E-state index contributed by atoms with van der Waals surface area (Å²) in [7, 11) is 0. The molecule has 0 spiro atoms. The quantitative estimate of drug-likeness (QED) is 0.127. The molecule has 1 atom stereocenters. The zero-order valence-electron chi connectivity index (χ0n) is 21.7. The molecule has 41 heavy (non-hydrogen) atoms. The molecule has 0 saturated carbocycles. The molecule has 2 heterocycles. The number of phenols is 1. The van der Waals surface area contributed by atoms with Crippen LogP contribution in [0.3, 0.4) is 0 Å². The van der Waals surface area contributed by atoms with Crippen LogP contribution in [0, 0.1) is 5.82 Å². The fourth-order valence-electron chi connectivity index (χ4n) is 4.25. The van der Waals surface area contributed by atoms with E-state index in [0.29, 0.717) is 15.7 Å². The van der Waals surface area contributed by atoms with Crippen LogP contribution in [0.5, 0.6) is 11.5 Å². The van der Waals surface area contributed by atoms with Gasteiger partial charge in [0.1, 0.15) is 5.82 Å². The Kier molecular flexibility index (Phi) is 8.46. The van der Waals surface area contributed by atoms with Gasteiger partial charge in [0, 0.05) is 5.75 Å². The van der Waals surface area contributed by atoms with Crippen molar-refractivity contribution in [2.45, 2.75) is 23.1 Å². The van der Waals surface area contributed by atoms with Crippen LogP contribution < -0.4 is 9.64 Å². The van der Waals surface area contributed by atoms with Crippen molar-refractivity contribution in [3.8, 4) is 11.5 Å². The minimum atomic E-state index is -1.06. The Hall–Kier alpha value is -4.48. The maximum absolute atomic E-state index is 13.5. The number of ether oxygens (including phenoxy) is 1. The van der Waals surface area contributed by atoms with Crippen molar-refractivity contribution in [3.63, 3.8) is 0 Å². The second-order valence-corrected chi connectivity index (χ2v) is 11.1. The highest BCUT2D eigenvalue weighted by atomic mass is 32.2. The number of anilines is 1. The lowest BCUT2D eigenvalue weighted by Crippen LogP contribution is -2.30. The zero-order chi connectivity index (χ0) is 28.9. The van der Waals surface area contributed by atoms with E-state index in [1.54, 1.807) is 31.2 Å². The van der Waals surface area contributed by atoms with Crippen LogP contribution in [0.15, 0.2) is 94.5 Å². The number of carbonyl (C=O) groups is 2. The number of nitrogens with zero attached hydrogens (tertiary/aromatic N) is 3. The van der Waals surface area contributed by atoms with Gasteiger partial charge in [0.25, 0.3) is 5.91 Å². The van der Waals surface area contributed by atoms with E-state index in [0.717, 1.165) is 22.5 Å². The molecule has 1 aliphatic heterocycles. The average Bonchev–Trinajstić information content (AvgIpc) is 3.55. The summed E-state index contributed by atoms with van der Waals surface area (Å²) in [6.45, 7) is 2.04. The lowest BCUT2D eigenvalue weighted by molar-refractivity contribution is -0.117. The van der Waals surface area contributed by atoms with E-state index >= 15 is 0 Å². The highest BCUT2D eigenvalue weighted by molar-refractivity contribution is 8.00. The Bertz CT molecular complexity index is 1640. The van der Waals surface area contributed by atoms with Gasteiger partial charge in [-0.25, -0.2) is 4.39 Å². The predicted molar refractivity (Wildman–Crippen MR) is 156 cm³/mol. The Morgan fingerprint density at radius 1 is 1.10 bits per heavy atom. The fraction of sp³-hybridized carbons (Fsp3) is 0.133. The normalized spacial score (nSPS) is 15.2. The largest absolute Gasteiger partial charge is 0.504 e. The molecule has 3 aromatic carbocycles. The summed E-state index contributed by atoms with van der Waals surface area (Å²) < 4.78 is 19.3. The Morgan fingerprint density at radius 2 is 1.85 bits per heavy atom. The van der Waals surface area contributed by atoms with Crippen molar-refractivity contribution in [2.75, 3.05) is 11.5 Å². The third kappa shape index (κ3) is 6.16. The molecule has 0 fully saturated rings. The molecule has 208 valence electrons. The van der Waals surface area contributed by atoms with Crippen LogP contribution in [-0.4, -0.2) is 38.7 Å². The number of carbonyl (C=O) groups excluding carboxylic acids is 2. The highest BCUT2D eigenvalue weighted by Crippen LogP contribution is 2.45. The first-order valence-corrected chi connectivity index (χ1v) is 14.4. The van der Waals surface area contributed by atoms with Gasteiger partial charge in [0.2, 0.25) is 5.13 Å². The lowest BCUT2D eigenvalue weighted by atomic mass is 9.95. The molecule has 2 N–H and O–H groups in total. The van der Waals surface area contributed by atoms with Crippen LogP contribution in [0.2, 0.25) is 0 Å². The second kappa shape index (κ2) is 12.4. The second-order valence-electron chi connectivity index (χ2n) is 8.87. The van der Waals surface area contributed by atoms with Gasteiger partial charge in [-0.3, -0.25) is 14.5 Å². The summed E-state index contributed by atoms with van der Waals surface area (Å²) in [6.07, 6.45) is 2.91. The summed E-state index contributed by atoms with van der Waals surface area (Å²) >= 11 is 2.48. The zero-order valence-corrected chi connectivity index (χ0v) is 23.4. The van der Waals surface area contributed by atoms with Crippen LogP contribution in [0.4, 0.5) is 9.52 Å². The van der Waals surface area contributed by atoms with Crippen molar-refractivity contribution < 1.29 is 28.9 Å². The molecule has 0 radical (unpaired) electrons. The molecule has 0 bridgehead atoms. The van der Waals surface area contributed by atoms with Crippen LogP contribution in [0.25, 0.3) is 6.08 Å². The van der Waals surface area contributed by atoms with Crippen molar-refractivity contribution in [1.82, 2.24) is 10.2 Å².